The SMILES string of the molecule is CCCCC#C[C@]1(C(F)(F)F)OCNc2ccc(Cl)cc21. The van der Waals surface area contributed by atoms with E-state index in [9.17, 15) is 13.2 Å². The van der Waals surface area contributed by atoms with E-state index < -0.39 is 11.8 Å². The molecular weight excluding hydrogens is 303 g/mol. The number of hydrogen-bond donors (Lipinski definition) is 1. The third kappa shape index (κ3) is 3.12. The minimum Gasteiger partial charge on any atom is -0.362 e. The van der Waals surface area contributed by atoms with E-state index >= 15 is 0 Å². The van der Waals surface area contributed by atoms with Crippen LogP contribution in [0.2, 0.25) is 5.02 Å². The van der Waals surface area contributed by atoms with E-state index in [-0.39, 0.29) is 17.3 Å². The predicted molar refractivity (Wildman–Crippen MR) is 76.1 cm³/mol. The van der Waals surface area contributed by atoms with Gasteiger partial charge in [-0.25, -0.2) is 0 Å². The summed E-state index contributed by atoms with van der Waals surface area (Å²) in [5.41, 5.74) is -2.36. The summed E-state index contributed by atoms with van der Waals surface area (Å²) in [7, 11) is 0. The van der Waals surface area contributed by atoms with Crippen molar-refractivity contribution in [3.8, 4) is 11.8 Å². The number of unbranched alkanes of at least 4 members (excludes halogenated alkanes) is 2. The number of rotatable bonds is 2. The Bertz CT molecular complexity index is 577. The average Bonchev–Trinajstić information content (AvgIpc) is 2.42. The zero-order chi connectivity index (χ0) is 15.5. The Hall–Kier alpha value is -1.38. The Labute approximate surface area is 126 Å². The summed E-state index contributed by atoms with van der Waals surface area (Å²) in [6, 6.07) is 4.30. The molecule has 2 rings (SSSR count). The number of anilines is 1. The standard InChI is InChI=1S/C15H15ClF3NO/c1-2-3-4-5-8-14(15(17,18)19)12-9-11(16)6-7-13(12)20-10-21-14/h6-7,9,20H,2-4,10H2,1H3/t14-/m0/s1. The number of fused-ring (bicyclic) bond motifs is 1. The molecule has 1 aliphatic heterocycles. The van der Waals surface area contributed by atoms with Gasteiger partial charge >= 0.3 is 6.18 Å². The second kappa shape index (κ2) is 6.17. The van der Waals surface area contributed by atoms with E-state index in [4.69, 9.17) is 16.3 Å². The molecule has 0 saturated heterocycles. The van der Waals surface area contributed by atoms with Crippen molar-refractivity contribution in [2.45, 2.75) is 38.0 Å². The molecule has 6 heteroatoms. The second-order valence-corrected chi connectivity index (χ2v) is 5.18. The topological polar surface area (TPSA) is 21.3 Å². The minimum atomic E-state index is -4.65. The van der Waals surface area contributed by atoms with E-state index in [2.05, 4.69) is 17.2 Å². The van der Waals surface area contributed by atoms with Crippen molar-refractivity contribution in [3.63, 3.8) is 0 Å². The molecule has 1 N–H and O–H groups in total. The van der Waals surface area contributed by atoms with Crippen molar-refractivity contribution in [2.75, 3.05) is 12.0 Å². The lowest BCUT2D eigenvalue weighted by atomic mass is 9.90. The first kappa shape index (κ1) is 16.0. The van der Waals surface area contributed by atoms with Gasteiger partial charge in [-0.2, -0.15) is 13.2 Å². The lowest BCUT2D eigenvalue weighted by Gasteiger charge is -2.36. The molecule has 0 spiro atoms. The lowest BCUT2D eigenvalue weighted by Crippen LogP contribution is -2.47. The lowest BCUT2D eigenvalue weighted by molar-refractivity contribution is -0.259. The van der Waals surface area contributed by atoms with Crippen molar-refractivity contribution >= 4 is 17.3 Å². The van der Waals surface area contributed by atoms with Crippen molar-refractivity contribution in [3.05, 3.63) is 28.8 Å². The van der Waals surface area contributed by atoms with E-state index in [0.29, 0.717) is 12.1 Å². The molecule has 1 heterocycles. The molecule has 0 bridgehead atoms. The van der Waals surface area contributed by atoms with Crippen LogP contribution in [-0.4, -0.2) is 12.9 Å². The highest BCUT2D eigenvalue weighted by Crippen LogP contribution is 2.47. The zero-order valence-corrected chi connectivity index (χ0v) is 12.2. The number of alkyl halides is 3. The van der Waals surface area contributed by atoms with Crippen LogP contribution in [0.3, 0.4) is 0 Å². The van der Waals surface area contributed by atoms with Gasteiger partial charge in [0.2, 0.25) is 0 Å². The van der Waals surface area contributed by atoms with E-state index in [0.717, 1.165) is 12.8 Å². The number of ether oxygens (including phenoxy) is 1. The third-order valence-electron chi connectivity index (χ3n) is 3.23. The van der Waals surface area contributed by atoms with Crippen LogP contribution < -0.4 is 5.32 Å². The predicted octanol–water partition coefficient (Wildman–Crippen LogP) is 4.69. The molecule has 0 radical (unpaired) electrons. The van der Waals surface area contributed by atoms with E-state index in [1.165, 1.54) is 18.2 Å². The van der Waals surface area contributed by atoms with Gasteiger partial charge in [0.15, 0.2) is 0 Å². The van der Waals surface area contributed by atoms with Crippen molar-refractivity contribution in [2.24, 2.45) is 0 Å². The van der Waals surface area contributed by atoms with Gasteiger partial charge in [-0.1, -0.05) is 36.8 Å². The molecule has 1 atom stereocenters. The molecule has 0 aromatic heterocycles. The maximum atomic E-state index is 13.6. The van der Waals surface area contributed by atoms with Gasteiger partial charge in [0.25, 0.3) is 5.60 Å². The highest BCUT2D eigenvalue weighted by Gasteiger charge is 2.59. The zero-order valence-electron chi connectivity index (χ0n) is 11.5. The van der Waals surface area contributed by atoms with Crippen LogP contribution in [0, 0.1) is 11.8 Å². The number of hydrogen-bond acceptors (Lipinski definition) is 2. The summed E-state index contributed by atoms with van der Waals surface area (Å²) in [5.74, 6) is 4.90. The first-order valence-corrected chi connectivity index (χ1v) is 7.03. The molecule has 1 aromatic carbocycles. The van der Waals surface area contributed by atoms with Crippen LogP contribution in [0.4, 0.5) is 18.9 Å². The van der Waals surface area contributed by atoms with Crippen LogP contribution in [0.5, 0.6) is 0 Å². The van der Waals surface area contributed by atoms with Gasteiger partial charge < -0.3 is 10.1 Å². The molecule has 21 heavy (non-hydrogen) atoms. The minimum absolute atomic E-state index is 0.0854. The Morgan fingerprint density at radius 1 is 1.43 bits per heavy atom. The normalized spacial score (nSPS) is 21.0. The molecular formula is C15H15ClF3NO. The fourth-order valence-electron chi connectivity index (χ4n) is 2.12. The maximum Gasteiger partial charge on any atom is 0.433 e. The summed E-state index contributed by atoms with van der Waals surface area (Å²) in [4.78, 5) is 0. The number of halogens is 4. The molecule has 2 nitrogen and oxygen atoms in total. The van der Waals surface area contributed by atoms with E-state index in [1.54, 1.807) is 0 Å². The first-order chi connectivity index (χ1) is 9.90. The van der Waals surface area contributed by atoms with Crippen LogP contribution in [0.1, 0.15) is 31.7 Å². The second-order valence-electron chi connectivity index (χ2n) is 4.74. The molecule has 1 aliphatic rings. The van der Waals surface area contributed by atoms with Crippen LogP contribution in [0.25, 0.3) is 0 Å². The Balaban J connectivity index is 2.52. The summed E-state index contributed by atoms with van der Waals surface area (Å²) < 4.78 is 45.9. The number of nitrogens with one attached hydrogen (secondary N) is 1. The quantitative estimate of drug-likeness (QED) is 0.631. The summed E-state index contributed by atoms with van der Waals surface area (Å²) in [6.45, 7) is 1.70. The van der Waals surface area contributed by atoms with Crippen LogP contribution >= 0.6 is 11.6 Å². The van der Waals surface area contributed by atoms with Gasteiger partial charge in [0.05, 0.1) is 0 Å². The molecule has 0 aliphatic carbocycles. The van der Waals surface area contributed by atoms with Crippen molar-refractivity contribution in [1.82, 2.24) is 0 Å². The molecule has 114 valence electrons. The highest BCUT2D eigenvalue weighted by molar-refractivity contribution is 6.30. The van der Waals surface area contributed by atoms with Gasteiger partial charge in [0.1, 0.15) is 6.73 Å². The Morgan fingerprint density at radius 3 is 2.86 bits per heavy atom. The maximum absolute atomic E-state index is 13.6. The molecule has 1 aromatic rings. The largest absolute Gasteiger partial charge is 0.433 e. The smallest absolute Gasteiger partial charge is 0.362 e. The van der Waals surface area contributed by atoms with Gasteiger partial charge in [0, 0.05) is 22.7 Å². The Morgan fingerprint density at radius 2 is 2.19 bits per heavy atom. The summed E-state index contributed by atoms with van der Waals surface area (Å²) in [6.07, 6.45) is -2.62. The third-order valence-corrected chi connectivity index (χ3v) is 3.47. The summed E-state index contributed by atoms with van der Waals surface area (Å²) in [5, 5.41) is 2.98. The molecule has 0 amide bonds. The average molecular weight is 318 g/mol. The fourth-order valence-corrected chi connectivity index (χ4v) is 2.29. The van der Waals surface area contributed by atoms with Gasteiger partial charge in [-0.05, 0) is 24.6 Å². The van der Waals surface area contributed by atoms with Crippen molar-refractivity contribution < 1.29 is 17.9 Å². The van der Waals surface area contributed by atoms with Crippen LogP contribution in [-0.2, 0) is 10.3 Å². The van der Waals surface area contributed by atoms with Crippen molar-refractivity contribution in [1.29, 1.82) is 0 Å². The highest BCUT2D eigenvalue weighted by atomic mass is 35.5. The molecule has 0 unspecified atom stereocenters. The van der Waals surface area contributed by atoms with E-state index in [1.807, 2.05) is 6.92 Å². The fraction of sp³-hybridized carbons (Fsp3) is 0.467. The molecule has 0 fully saturated rings. The summed E-state index contributed by atoms with van der Waals surface area (Å²) >= 11 is 5.84. The van der Waals surface area contributed by atoms with Crippen LogP contribution in [0.15, 0.2) is 18.2 Å². The molecule has 0 saturated carbocycles. The Kier molecular flexibility index (Phi) is 4.70. The van der Waals surface area contributed by atoms with Gasteiger partial charge in [-0.3, -0.25) is 0 Å². The van der Waals surface area contributed by atoms with Gasteiger partial charge in [-0.15, -0.1) is 0 Å². The first-order valence-electron chi connectivity index (χ1n) is 6.65. The monoisotopic (exact) mass is 317 g/mol. The number of benzene rings is 1.